The highest BCUT2D eigenvalue weighted by molar-refractivity contribution is 6.02. The monoisotopic (exact) mass is 242 g/mol. The fourth-order valence-corrected chi connectivity index (χ4v) is 3.08. The quantitative estimate of drug-likeness (QED) is 0.687. The van der Waals surface area contributed by atoms with Crippen molar-refractivity contribution in [3.8, 4) is 0 Å². The van der Waals surface area contributed by atoms with Gasteiger partial charge < -0.3 is 4.98 Å². The molecule has 0 unspecified atom stereocenters. The second-order valence-electron chi connectivity index (χ2n) is 5.01. The Kier molecular flexibility index (Phi) is 1.92. The standard InChI is InChI=1S/C13H14N4O/c18-13-10-7-15-12-9(5-6-14-12)11(10)17(16-13)8-3-1-2-4-8/h5-8H,1-4H2,(H,14,15)(H,16,18). The molecule has 3 aromatic heterocycles. The molecule has 92 valence electrons. The summed E-state index contributed by atoms with van der Waals surface area (Å²) in [4.78, 5) is 19.4. The third kappa shape index (κ3) is 1.21. The lowest BCUT2D eigenvalue weighted by Gasteiger charge is -2.12. The molecule has 0 saturated heterocycles. The van der Waals surface area contributed by atoms with E-state index >= 15 is 0 Å². The Morgan fingerprint density at radius 3 is 2.94 bits per heavy atom. The van der Waals surface area contributed by atoms with Gasteiger partial charge in [0, 0.05) is 17.8 Å². The molecule has 0 spiro atoms. The van der Waals surface area contributed by atoms with E-state index in [1.807, 2.05) is 12.3 Å². The average Bonchev–Trinajstić information content (AvgIpc) is 3.05. The SMILES string of the molecule is O=c1[nH]n(C2CCCC2)c2c1cnc1[nH]ccc12. The lowest BCUT2D eigenvalue weighted by molar-refractivity contribution is 0.479. The molecule has 1 fully saturated rings. The molecule has 3 heterocycles. The van der Waals surface area contributed by atoms with Gasteiger partial charge in [0.05, 0.1) is 16.9 Å². The summed E-state index contributed by atoms with van der Waals surface area (Å²) in [6.45, 7) is 0. The molecule has 5 heteroatoms. The number of hydrogen-bond acceptors (Lipinski definition) is 2. The maximum Gasteiger partial charge on any atom is 0.273 e. The average molecular weight is 242 g/mol. The first-order valence-corrected chi connectivity index (χ1v) is 6.41. The molecule has 2 N–H and O–H groups in total. The number of pyridine rings is 1. The molecule has 0 aromatic carbocycles. The van der Waals surface area contributed by atoms with Crippen LogP contribution in [0.4, 0.5) is 0 Å². The van der Waals surface area contributed by atoms with Crippen LogP contribution in [-0.2, 0) is 0 Å². The molecule has 0 bridgehead atoms. The second kappa shape index (κ2) is 3.48. The molecule has 1 saturated carbocycles. The summed E-state index contributed by atoms with van der Waals surface area (Å²) < 4.78 is 2.06. The van der Waals surface area contributed by atoms with Crippen molar-refractivity contribution in [2.45, 2.75) is 31.7 Å². The van der Waals surface area contributed by atoms with Crippen LogP contribution in [-0.4, -0.2) is 19.7 Å². The van der Waals surface area contributed by atoms with E-state index in [-0.39, 0.29) is 5.56 Å². The zero-order chi connectivity index (χ0) is 12.1. The number of rotatable bonds is 1. The molecule has 0 aliphatic heterocycles. The highest BCUT2D eigenvalue weighted by atomic mass is 16.1. The molecule has 5 nitrogen and oxygen atoms in total. The first-order valence-electron chi connectivity index (χ1n) is 6.41. The van der Waals surface area contributed by atoms with Crippen LogP contribution in [0.25, 0.3) is 21.9 Å². The van der Waals surface area contributed by atoms with Crippen molar-refractivity contribution in [2.75, 3.05) is 0 Å². The van der Waals surface area contributed by atoms with Gasteiger partial charge in [-0.3, -0.25) is 14.6 Å². The van der Waals surface area contributed by atoms with Gasteiger partial charge in [-0.05, 0) is 18.9 Å². The molecule has 0 atom stereocenters. The van der Waals surface area contributed by atoms with E-state index in [1.54, 1.807) is 6.20 Å². The van der Waals surface area contributed by atoms with Crippen molar-refractivity contribution in [3.05, 3.63) is 28.8 Å². The molecular formula is C13H14N4O. The Bertz CT molecular complexity index is 773. The maximum atomic E-state index is 12.0. The van der Waals surface area contributed by atoms with Gasteiger partial charge in [-0.25, -0.2) is 4.98 Å². The Balaban J connectivity index is 2.12. The third-order valence-electron chi connectivity index (χ3n) is 3.96. The van der Waals surface area contributed by atoms with E-state index in [2.05, 4.69) is 19.7 Å². The van der Waals surface area contributed by atoms with Crippen molar-refractivity contribution in [1.82, 2.24) is 19.7 Å². The van der Waals surface area contributed by atoms with Crippen LogP contribution in [0, 0.1) is 0 Å². The lowest BCUT2D eigenvalue weighted by atomic mass is 10.2. The predicted molar refractivity (Wildman–Crippen MR) is 69.7 cm³/mol. The molecule has 1 aliphatic rings. The minimum absolute atomic E-state index is 0.0347. The molecule has 18 heavy (non-hydrogen) atoms. The van der Waals surface area contributed by atoms with Crippen LogP contribution in [0.5, 0.6) is 0 Å². The van der Waals surface area contributed by atoms with Gasteiger partial charge >= 0.3 is 0 Å². The number of nitrogens with one attached hydrogen (secondary N) is 2. The highest BCUT2D eigenvalue weighted by Gasteiger charge is 2.21. The summed E-state index contributed by atoms with van der Waals surface area (Å²) in [7, 11) is 0. The number of nitrogens with zero attached hydrogens (tertiary/aromatic N) is 2. The number of aromatic amines is 2. The normalized spacial score (nSPS) is 17.1. The lowest BCUT2D eigenvalue weighted by Crippen LogP contribution is -2.10. The minimum atomic E-state index is -0.0347. The van der Waals surface area contributed by atoms with E-state index in [4.69, 9.17) is 0 Å². The van der Waals surface area contributed by atoms with Crippen molar-refractivity contribution in [2.24, 2.45) is 0 Å². The fraction of sp³-hybridized carbons (Fsp3) is 0.385. The Morgan fingerprint density at radius 2 is 2.11 bits per heavy atom. The topological polar surface area (TPSA) is 66.5 Å². The van der Waals surface area contributed by atoms with Gasteiger partial charge in [0.2, 0.25) is 0 Å². The van der Waals surface area contributed by atoms with Crippen LogP contribution in [0.1, 0.15) is 31.7 Å². The van der Waals surface area contributed by atoms with Crippen molar-refractivity contribution in [3.63, 3.8) is 0 Å². The Labute approximate surface area is 103 Å². The maximum absolute atomic E-state index is 12.0. The summed E-state index contributed by atoms with van der Waals surface area (Å²) >= 11 is 0. The molecule has 4 rings (SSSR count). The highest BCUT2D eigenvalue weighted by Crippen LogP contribution is 2.32. The number of H-pyrrole nitrogens is 2. The van der Waals surface area contributed by atoms with Crippen LogP contribution in [0.3, 0.4) is 0 Å². The minimum Gasteiger partial charge on any atom is -0.346 e. The Hall–Kier alpha value is -2.04. The first kappa shape index (κ1) is 9.94. The number of hydrogen-bond donors (Lipinski definition) is 2. The van der Waals surface area contributed by atoms with Gasteiger partial charge in [0.1, 0.15) is 5.65 Å². The van der Waals surface area contributed by atoms with Gasteiger partial charge in [-0.2, -0.15) is 0 Å². The zero-order valence-electron chi connectivity index (χ0n) is 9.94. The summed E-state index contributed by atoms with van der Waals surface area (Å²) in [6.07, 6.45) is 8.31. The van der Waals surface area contributed by atoms with Crippen LogP contribution in [0.15, 0.2) is 23.3 Å². The smallest absolute Gasteiger partial charge is 0.273 e. The Morgan fingerprint density at radius 1 is 1.28 bits per heavy atom. The van der Waals surface area contributed by atoms with Crippen molar-refractivity contribution >= 4 is 21.9 Å². The predicted octanol–water partition coefficient (Wildman–Crippen LogP) is 2.32. The van der Waals surface area contributed by atoms with Crippen LogP contribution >= 0.6 is 0 Å². The summed E-state index contributed by atoms with van der Waals surface area (Å²) in [5.41, 5.74) is 1.80. The number of fused-ring (bicyclic) bond motifs is 3. The third-order valence-corrected chi connectivity index (χ3v) is 3.96. The van der Waals surface area contributed by atoms with Crippen LogP contribution in [0.2, 0.25) is 0 Å². The second-order valence-corrected chi connectivity index (χ2v) is 5.01. The summed E-state index contributed by atoms with van der Waals surface area (Å²) in [5, 5.41) is 4.70. The zero-order valence-corrected chi connectivity index (χ0v) is 9.94. The van der Waals surface area contributed by atoms with E-state index < -0.39 is 0 Å². The van der Waals surface area contributed by atoms with E-state index in [0.29, 0.717) is 11.4 Å². The molecule has 0 radical (unpaired) electrons. The van der Waals surface area contributed by atoms with Crippen LogP contribution < -0.4 is 5.56 Å². The van der Waals surface area contributed by atoms with E-state index in [1.165, 1.54) is 12.8 Å². The molecule has 0 amide bonds. The fourth-order valence-electron chi connectivity index (χ4n) is 3.08. The van der Waals surface area contributed by atoms with Gasteiger partial charge in [-0.15, -0.1) is 0 Å². The summed E-state index contributed by atoms with van der Waals surface area (Å²) in [5.74, 6) is 0. The molecular weight excluding hydrogens is 228 g/mol. The van der Waals surface area contributed by atoms with Gasteiger partial charge in [0.15, 0.2) is 0 Å². The molecule has 1 aliphatic carbocycles. The number of aromatic nitrogens is 4. The first-order chi connectivity index (χ1) is 8.84. The van der Waals surface area contributed by atoms with Crippen molar-refractivity contribution < 1.29 is 0 Å². The van der Waals surface area contributed by atoms with E-state index in [0.717, 1.165) is 29.4 Å². The summed E-state index contributed by atoms with van der Waals surface area (Å²) in [6, 6.07) is 2.42. The van der Waals surface area contributed by atoms with E-state index in [9.17, 15) is 4.79 Å². The molecule has 3 aromatic rings. The van der Waals surface area contributed by atoms with Gasteiger partial charge in [-0.1, -0.05) is 12.8 Å². The van der Waals surface area contributed by atoms with Crippen molar-refractivity contribution in [1.29, 1.82) is 0 Å². The largest absolute Gasteiger partial charge is 0.346 e. The van der Waals surface area contributed by atoms with Gasteiger partial charge in [0.25, 0.3) is 5.56 Å².